The lowest BCUT2D eigenvalue weighted by molar-refractivity contribution is 0.435. The van der Waals surface area contributed by atoms with E-state index in [9.17, 15) is 0 Å². The minimum absolute atomic E-state index is 0.321. The fourth-order valence-corrected chi connectivity index (χ4v) is 1.68. The van der Waals surface area contributed by atoms with Crippen molar-refractivity contribution in [2.24, 2.45) is 11.7 Å². The van der Waals surface area contributed by atoms with Gasteiger partial charge in [-0.2, -0.15) is 0 Å². The molecule has 1 aromatic heterocycles. The zero-order valence-electron chi connectivity index (χ0n) is 9.82. The Morgan fingerprint density at radius 3 is 2.80 bits per heavy atom. The summed E-state index contributed by atoms with van der Waals surface area (Å²) in [6, 6.07) is 6.36. The van der Waals surface area contributed by atoms with E-state index in [1.807, 2.05) is 18.3 Å². The van der Waals surface area contributed by atoms with E-state index in [4.69, 9.17) is 5.73 Å². The van der Waals surface area contributed by atoms with Crippen LogP contribution in [0.4, 0.5) is 0 Å². The molecule has 0 aromatic carbocycles. The SMILES string of the molecule is CCC(C)CC(N)CCc1ccccn1. The molecular weight excluding hydrogens is 184 g/mol. The summed E-state index contributed by atoms with van der Waals surface area (Å²) in [4.78, 5) is 4.29. The van der Waals surface area contributed by atoms with Crippen molar-refractivity contribution in [3.8, 4) is 0 Å². The molecule has 15 heavy (non-hydrogen) atoms. The molecule has 2 atom stereocenters. The van der Waals surface area contributed by atoms with E-state index in [1.165, 1.54) is 6.42 Å². The molecule has 2 heteroatoms. The van der Waals surface area contributed by atoms with Crippen molar-refractivity contribution in [1.29, 1.82) is 0 Å². The van der Waals surface area contributed by atoms with Gasteiger partial charge in [0.15, 0.2) is 0 Å². The molecule has 1 heterocycles. The molecule has 0 bridgehead atoms. The van der Waals surface area contributed by atoms with Gasteiger partial charge in [0.2, 0.25) is 0 Å². The summed E-state index contributed by atoms with van der Waals surface area (Å²) in [5.74, 6) is 0.740. The summed E-state index contributed by atoms with van der Waals surface area (Å²) < 4.78 is 0. The Balaban J connectivity index is 2.25. The van der Waals surface area contributed by atoms with Crippen LogP contribution in [-0.2, 0) is 6.42 Å². The molecule has 2 N–H and O–H groups in total. The average molecular weight is 206 g/mol. The molecule has 1 aromatic rings. The minimum Gasteiger partial charge on any atom is -0.328 e. The Hall–Kier alpha value is -0.890. The monoisotopic (exact) mass is 206 g/mol. The Bertz CT molecular complexity index is 258. The van der Waals surface area contributed by atoms with Gasteiger partial charge < -0.3 is 5.73 Å². The van der Waals surface area contributed by atoms with Crippen molar-refractivity contribution in [2.45, 2.75) is 45.6 Å². The predicted octanol–water partition coefficient (Wildman–Crippen LogP) is 2.78. The van der Waals surface area contributed by atoms with Gasteiger partial charge in [0, 0.05) is 17.9 Å². The van der Waals surface area contributed by atoms with Crippen molar-refractivity contribution >= 4 is 0 Å². The van der Waals surface area contributed by atoms with E-state index in [1.54, 1.807) is 0 Å². The van der Waals surface area contributed by atoms with E-state index in [0.717, 1.165) is 30.9 Å². The van der Waals surface area contributed by atoms with Crippen LogP contribution < -0.4 is 5.73 Å². The van der Waals surface area contributed by atoms with E-state index < -0.39 is 0 Å². The molecule has 0 saturated heterocycles. The zero-order chi connectivity index (χ0) is 11.1. The van der Waals surface area contributed by atoms with Gasteiger partial charge in [0.05, 0.1) is 0 Å². The first-order valence-corrected chi connectivity index (χ1v) is 5.87. The van der Waals surface area contributed by atoms with Gasteiger partial charge in [-0.15, -0.1) is 0 Å². The highest BCUT2D eigenvalue weighted by molar-refractivity contribution is 5.03. The minimum atomic E-state index is 0.321. The number of aromatic nitrogens is 1. The van der Waals surface area contributed by atoms with Gasteiger partial charge in [0.25, 0.3) is 0 Å². The molecule has 84 valence electrons. The topological polar surface area (TPSA) is 38.9 Å². The van der Waals surface area contributed by atoms with Crippen molar-refractivity contribution in [3.63, 3.8) is 0 Å². The third-order valence-corrected chi connectivity index (χ3v) is 2.90. The fourth-order valence-electron chi connectivity index (χ4n) is 1.68. The summed E-state index contributed by atoms with van der Waals surface area (Å²) in [7, 11) is 0. The largest absolute Gasteiger partial charge is 0.328 e. The molecule has 0 amide bonds. The van der Waals surface area contributed by atoms with Gasteiger partial charge in [-0.1, -0.05) is 26.3 Å². The Labute approximate surface area is 92.9 Å². The number of nitrogens with two attached hydrogens (primary N) is 1. The summed E-state index contributed by atoms with van der Waals surface area (Å²) in [5, 5.41) is 0. The molecule has 1 rings (SSSR count). The maximum atomic E-state index is 6.07. The quantitative estimate of drug-likeness (QED) is 0.777. The van der Waals surface area contributed by atoms with Crippen molar-refractivity contribution in [2.75, 3.05) is 0 Å². The lowest BCUT2D eigenvalue weighted by Gasteiger charge is -2.15. The summed E-state index contributed by atoms with van der Waals surface area (Å²) >= 11 is 0. The van der Waals surface area contributed by atoms with Crippen molar-refractivity contribution in [3.05, 3.63) is 30.1 Å². The average Bonchev–Trinajstić information content (AvgIpc) is 2.27. The van der Waals surface area contributed by atoms with Crippen LogP contribution in [0, 0.1) is 5.92 Å². The highest BCUT2D eigenvalue weighted by Crippen LogP contribution is 2.12. The number of hydrogen-bond acceptors (Lipinski definition) is 2. The van der Waals surface area contributed by atoms with E-state index in [-0.39, 0.29) is 0 Å². The zero-order valence-corrected chi connectivity index (χ0v) is 9.82. The highest BCUT2D eigenvalue weighted by atomic mass is 14.7. The Kier molecular flexibility index (Phi) is 5.33. The number of rotatable bonds is 6. The summed E-state index contributed by atoms with van der Waals surface area (Å²) in [6.45, 7) is 4.48. The number of nitrogens with zero attached hydrogens (tertiary/aromatic N) is 1. The first-order chi connectivity index (χ1) is 7.22. The summed E-state index contributed by atoms with van der Waals surface area (Å²) in [5.41, 5.74) is 7.22. The normalized spacial score (nSPS) is 14.9. The van der Waals surface area contributed by atoms with Gasteiger partial charge in [-0.3, -0.25) is 4.98 Å². The van der Waals surface area contributed by atoms with E-state index in [0.29, 0.717) is 6.04 Å². The second-order valence-electron chi connectivity index (χ2n) is 4.37. The third kappa shape index (κ3) is 4.93. The second-order valence-corrected chi connectivity index (χ2v) is 4.37. The molecule has 0 aliphatic carbocycles. The molecule has 0 saturated carbocycles. The maximum Gasteiger partial charge on any atom is 0.0404 e. The van der Waals surface area contributed by atoms with Crippen LogP contribution in [0.1, 0.15) is 38.8 Å². The predicted molar refractivity (Wildman–Crippen MR) is 64.6 cm³/mol. The first kappa shape index (κ1) is 12.2. The Morgan fingerprint density at radius 2 is 2.20 bits per heavy atom. The smallest absolute Gasteiger partial charge is 0.0404 e. The Morgan fingerprint density at radius 1 is 1.40 bits per heavy atom. The molecule has 0 fully saturated rings. The lowest BCUT2D eigenvalue weighted by atomic mass is 9.96. The van der Waals surface area contributed by atoms with E-state index >= 15 is 0 Å². The molecular formula is C13H22N2. The van der Waals surface area contributed by atoms with Crippen LogP contribution in [0.15, 0.2) is 24.4 Å². The first-order valence-electron chi connectivity index (χ1n) is 5.87. The standard InChI is InChI=1S/C13H22N2/c1-3-11(2)10-12(14)7-8-13-6-4-5-9-15-13/h4-6,9,11-12H,3,7-8,10,14H2,1-2H3. The number of aryl methyl sites for hydroxylation is 1. The molecule has 0 aliphatic rings. The highest BCUT2D eigenvalue weighted by Gasteiger charge is 2.07. The molecule has 0 radical (unpaired) electrons. The molecule has 2 unspecified atom stereocenters. The van der Waals surface area contributed by atoms with Crippen LogP contribution in [-0.4, -0.2) is 11.0 Å². The van der Waals surface area contributed by atoms with Crippen LogP contribution in [0.5, 0.6) is 0 Å². The van der Waals surface area contributed by atoms with Gasteiger partial charge >= 0.3 is 0 Å². The number of pyridine rings is 1. The van der Waals surface area contributed by atoms with Crippen molar-refractivity contribution < 1.29 is 0 Å². The van der Waals surface area contributed by atoms with Gasteiger partial charge in [-0.05, 0) is 37.3 Å². The van der Waals surface area contributed by atoms with Crippen LogP contribution in [0.2, 0.25) is 0 Å². The molecule has 0 spiro atoms. The second kappa shape index (κ2) is 6.57. The van der Waals surface area contributed by atoms with E-state index in [2.05, 4.69) is 24.9 Å². The lowest BCUT2D eigenvalue weighted by Crippen LogP contribution is -2.23. The number of hydrogen-bond donors (Lipinski definition) is 1. The van der Waals surface area contributed by atoms with Crippen LogP contribution >= 0.6 is 0 Å². The molecule has 0 aliphatic heterocycles. The third-order valence-electron chi connectivity index (χ3n) is 2.90. The van der Waals surface area contributed by atoms with Crippen LogP contribution in [0.3, 0.4) is 0 Å². The van der Waals surface area contributed by atoms with Crippen molar-refractivity contribution in [1.82, 2.24) is 4.98 Å². The van der Waals surface area contributed by atoms with Gasteiger partial charge in [0.1, 0.15) is 0 Å². The van der Waals surface area contributed by atoms with Gasteiger partial charge in [-0.25, -0.2) is 0 Å². The molecule has 2 nitrogen and oxygen atoms in total. The maximum absolute atomic E-state index is 6.07. The fraction of sp³-hybridized carbons (Fsp3) is 0.615. The van der Waals surface area contributed by atoms with Crippen LogP contribution in [0.25, 0.3) is 0 Å². The summed E-state index contributed by atoms with van der Waals surface area (Å²) in [6.07, 6.45) is 6.23.